The number of nitrogens with one attached hydrogen (secondary N) is 1. The molecule has 0 saturated heterocycles. The molecule has 0 saturated carbocycles. The Bertz CT molecular complexity index is 831. The Labute approximate surface area is 163 Å². The van der Waals surface area contributed by atoms with Gasteiger partial charge in [0.25, 0.3) is 0 Å². The molecular weight excluding hydrogens is 358 g/mol. The topological polar surface area (TPSA) is 56.1 Å². The van der Waals surface area contributed by atoms with E-state index in [9.17, 15) is 4.79 Å². The normalized spacial score (nSPS) is 10.6. The summed E-state index contributed by atoms with van der Waals surface area (Å²) in [6.07, 6.45) is 4.48. The average Bonchev–Trinajstić information content (AvgIpc) is 3.23. The molecule has 1 aromatic heterocycles. The highest BCUT2D eigenvalue weighted by Crippen LogP contribution is 2.21. The van der Waals surface area contributed by atoms with E-state index >= 15 is 0 Å². The first kappa shape index (κ1) is 19.0. The molecule has 6 heteroatoms. The Kier molecular flexibility index (Phi) is 6.93. The molecule has 3 rings (SSSR count). The standard InChI is InChI=1S/C21H23N3O2S/c1-2-26-19-8-10-20(11-9-19)27-16-21(25)22-14-12-17-4-6-18(7-5-17)24-15-3-13-23-24/h3-11,13,15H,2,12,14,16H2,1H3,(H,22,25). The summed E-state index contributed by atoms with van der Waals surface area (Å²) in [6, 6.07) is 17.9. The Morgan fingerprint density at radius 1 is 1.15 bits per heavy atom. The maximum absolute atomic E-state index is 12.0. The molecule has 0 fully saturated rings. The fourth-order valence-corrected chi connectivity index (χ4v) is 3.31. The third kappa shape index (κ3) is 5.89. The van der Waals surface area contributed by atoms with Crippen molar-refractivity contribution in [2.75, 3.05) is 18.9 Å². The van der Waals surface area contributed by atoms with Gasteiger partial charge in [-0.25, -0.2) is 4.68 Å². The molecule has 0 aliphatic heterocycles. The highest BCUT2D eigenvalue weighted by Gasteiger charge is 2.04. The highest BCUT2D eigenvalue weighted by molar-refractivity contribution is 8.00. The van der Waals surface area contributed by atoms with Crippen LogP contribution in [0.1, 0.15) is 12.5 Å². The van der Waals surface area contributed by atoms with E-state index in [-0.39, 0.29) is 5.91 Å². The van der Waals surface area contributed by atoms with Crippen LogP contribution in [0.3, 0.4) is 0 Å². The molecule has 0 spiro atoms. The maximum Gasteiger partial charge on any atom is 0.230 e. The van der Waals surface area contributed by atoms with Gasteiger partial charge in [0.05, 0.1) is 18.0 Å². The largest absolute Gasteiger partial charge is 0.494 e. The number of carbonyl (C=O) groups is 1. The number of benzene rings is 2. The minimum atomic E-state index is 0.0436. The van der Waals surface area contributed by atoms with Crippen LogP contribution >= 0.6 is 11.8 Å². The third-order valence-electron chi connectivity index (χ3n) is 3.95. The van der Waals surface area contributed by atoms with Crippen LogP contribution in [0.2, 0.25) is 0 Å². The molecule has 2 aromatic carbocycles. The van der Waals surface area contributed by atoms with Gasteiger partial charge >= 0.3 is 0 Å². The first-order valence-electron chi connectivity index (χ1n) is 8.96. The summed E-state index contributed by atoms with van der Waals surface area (Å²) in [5.74, 6) is 1.30. The minimum absolute atomic E-state index is 0.0436. The van der Waals surface area contributed by atoms with Crippen LogP contribution in [-0.2, 0) is 11.2 Å². The van der Waals surface area contributed by atoms with Crippen LogP contribution in [-0.4, -0.2) is 34.6 Å². The van der Waals surface area contributed by atoms with E-state index in [0.29, 0.717) is 18.9 Å². The van der Waals surface area contributed by atoms with Crippen molar-refractivity contribution in [1.82, 2.24) is 15.1 Å². The van der Waals surface area contributed by atoms with Gasteiger partial charge in [-0.15, -0.1) is 11.8 Å². The summed E-state index contributed by atoms with van der Waals surface area (Å²) >= 11 is 1.52. The van der Waals surface area contributed by atoms with Gasteiger partial charge in [-0.2, -0.15) is 5.10 Å². The molecule has 1 N–H and O–H groups in total. The van der Waals surface area contributed by atoms with E-state index in [2.05, 4.69) is 22.5 Å². The molecule has 0 unspecified atom stereocenters. The lowest BCUT2D eigenvalue weighted by Crippen LogP contribution is -2.27. The number of amides is 1. The molecule has 0 radical (unpaired) electrons. The second-order valence-corrected chi connectivity index (χ2v) is 6.96. The molecule has 140 valence electrons. The number of hydrogen-bond donors (Lipinski definition) is 1. The summed E-state index contributed by atoms with van der Waals surface area (Å²) in [6.45, 7) is 3.24. The van der Waals surface area contributed by atoms with Gasteiger partial charge in [-0.3, -0.25) is 4.79 Å². The van der Waals surface area contributed by atoms with Crippen LogP contribution in [0.15, 0.2) is 71.9 Å². The number of ether oxygens (including phenoxy) is 1. The molecule has 27 heavy (non-hydrogen) atoms. The van der Waals surface area contributed by atoms with Gasteiger partial charge in [-0.05, 0) is 61.4 Å². The SMILES string of the molecule is CCOc1ccc(SCC(=O)NCCc2ccc(-n3cccn3)cc2)cc1. The molecular formula is C21H23N3O2S. The van der Waals surface area contributed by atoms with E-state index in [1.54, 1.807) is 6.20 Å². The summed E-state index contributed by atoms with van der Waals surface area (Å²) in [7, 11) is 0. The van der Waals surface area contributed by atoms with Crippen LogP contribution in [0, 0.1) is 0 Å². The maximum atomic E-state index is 12.0. The average molecular weight is 382 g/mol. The zero-order chi connectivity index (χ0) is 18.9. The van der Waals surface area contributed by atoms with Crippen molar-refractivity contribution in [3.05, 3.63) is 72.6 Å². The predicted octanol–water partition coefficient (Wildman–Crippen LogP) is 3.72. The molecule has 3 aromatic rings. The van der Waals surface area contributed by atoms with Crippen molar-refractivity contribution in [2.45, 2.75) is 18.2 Å². The van der Waals surface area contributed by atoms with E-state index in [1.165, 1.54) is 17.3 Å². The number of nitrogens with zero attached hydrogens (tertiary/aromatic N) is 2. The second-order valence-electron chi connectivity index (χ2n) is 5.91. The van der Waals surface area contributed by atoms with Crippen LogP contribution in [0.25, 0.3) is 5.69 Å². The lowest BCUT2D eigenvalue weighted by atomic mass is 10.1. The Morgan fingerprint density at radius 2 is 1.93 bits per heavy atom. The molecule has 0 aliphatic carbocycles. The van der Waals surface area contributed by atoms with E-state index in [4.69, 9.17) is 4.74 Å². The monoisotopic (exact) mass is 381 g/mol. The zero-order valence-electron chi connectivity index (χ0n) is 15.3. The lowest BCUT2D eigenvalue weighted by Gasteiger charge is -2.07. The zero-order valence-corrected chi connectivity index (χ0v) is 16.1. The number of carbonyl (C=O) groups excluding carboxylic acids is 1. The van der Waals surface area contributed by atoms with Crippen molar-refractivity contribution < 1.29 is 9.53 Å². The fraction of sp³-hybridized carbons (Fsp3) is 0.238. The summed E-state index contributed by atoms with van der Waals surface area (Å²) < 4.78 is 7.24. The first-order valence-corrected chi connectivity index (χ1v) is 9.94. The Balaban J connectivity index is 1.38. The van der Waals surface area contributed by atoms with Gasteiger partial charge < -0.3 is 10.1 Å². The van der Waals surface area contributed by atoms with Crippen molar-refractivity contribution in [1.29, 1.82) is 0 Å². The predicted molar refractivity (Wildman–Crippen MR) is 109 cm³/mol. The molecule has 1 amide bonds. The van der Waals surface area contributed by atoms with Gasteiger partial charge in [-0.1, -0.05) is 12.1 Å². The third-order valence-corrected chi connectivity index (χ3v) is 4.96. The van der Waals surface area contributed by atoms with Crippen LogP contribution in [0.4, 0.5) is 0 Å². The summed E-state index contributed by atoms with van der Waals surface area (Å²) in [5.41, 5.74) is 2.21. The second kappa shape index (κ2) is 9.83. The van der Waals surface area contributed by atoms with Gasteiger partial charge in [0.15, 0.2) is 0 Å². The lowest BCUT2D eigenvalue weighted by molar-refractivity contribution is -0.118. The summed E-state index contributed by atoms with van der Waals surface area (Å²) in [5, 5.41) is 7.18. The van der Waals surface area contributed by atoms with Crippen molar-refractivity contribution in [3.63, 3.8) is 0 Å². The molecule has 1 heterocycles. The van der Waals surface area contributed by atoms with Crippen LogP contribution < -0.4 is 10.1 Å². The molecule has 0 aliphatic rings. The van der Waals surface area contributed by atoms with Gasteiger partial charge in [0, 0.05) is 23.8 Å². The van der Waals surface area contributed by atoms with E-state index in [1.807, 2.05) is 60.3 Å². The number of rotatable bonds is 9. The smallest absolute Gasteiger partial charge is 0.230 e. The number of aromatic nitrogens is 2. The van der Waals surface area contributed by atoms with Gasteiger partial charge in [0.1, 0.15) is 5.75 Å². The number of hydrogen-bond acceptors (Lipinski definition) is 4. The van der Waals surface area contributed by atoms with Crippen LogP contribution in [0.5, 0.6) is 5.75 Å². The minimum Gasteiger partial charge on any atom is -0.494 e. The van der Waals surface area contributed by atoms with Crippen molar-refractivity contribution >= 4 is 17.7 Å². The first-order chi connectivity index (χ1) is 13.2. The van der Waals surface area contributed by atoms with Gasteiger partial charge in [0.2, 0.25) is 5.91 Å². The number of thioether (sulfide) groups is 1. The Morgan fingerprint density at radius 3 is 2.59 bits per heavy atom. The van der Waals surface area contributed by atoms with Crippen molar-refractivity contribution in [2.24, 2.45) is 0 Å². The molecule has 5 nitrogen and oxygen atoms in total. The highest BCUT2D eigenvalue weighted by atomic mass is 32.2. The molecule has 0 bridgehead atoms. The summed E-state index contributed by atoms with van der Waals surface area (Å²) in [4.78, 5) is 13.1. The quantitative estimate of drug-likeness (QED) is 0.574. The fourth-order valence-electron chi connectivity index (χ4n) is 2.58. The van der Waals surface area contributed by atoms with E-state index in [0.717, 1.165) is 22.8 Å². The Hall–Kier alpha value is -2.73. The van der Waals surface area contributed by atoms with Crippen molar-refractivity contribution in [3.8, 4) is 11.4 Å². The van der Waals surface area contributed by atoms with E-state index < -0.39 is 0 Å². The molecule has 0 atom stereocenters.